The number of carbonyl (C=O) groups excluding carboxylic acids is 4. The van der Waals surface area contributed by atoms with E-state index in [1.165, 1.54) is 16.2 Å². The first-order valence-corrected chi connectivity index (χ1v) is 12.1. The van der Waals surface area contributed by atoms with Crippen molar-refractivity contribution in [3.8, 4) is 0 Å². The Hall–Kier alpha value is -2.11. The van der Waals surface area contributed by atoms with Gasteiger partial charge in [0, 0.05) is 31.3 Å². The topological polar surface area (TPSA) is 111 Å². The fourth-order valence-corrected chi connectivity index (χ4v) is 5.56. The second-order valence-corrected chi connectivity index (χ2v) is 9.52. The van der Waals surface area contributed by atoms with E-state index in [0.29, 0.717) is 30.1 Å². The molecule has 0 spiro atoms. The highest BCUT2D eigenvalue weighted by Gasteiger charge is 2.40. The molecule has 30 heavy (non-hydrogen) atoms. The molecule has 11 heteroatoms. The number of hydrogen-bond donors (Lipinski definition) is 3. The fourth-order valence-electron chi connectivity index (χ4n) is 3.94. The van der Waals surface area contributed by atoms with Crippen molar-refractivity contribution in [2.75, 3.05) is 37.8 Å². The number of hydrogen-bond acceptors (Lipinski definition) is 7. The highest BCUT2D eigenvalue weighted by Crippen LogP contribution is 2.20. The van der Waals surface area contributed by atoms with Crippen molar-refractivity contribution in [1.29, 1.82) is 0 Å². The number of rotatable bonds is 4. The van der Waals surface area contributed by atoms with Gasteiger partial charge in [-0.15, -0.1) is 23.1 Å². The summed E-state index contributed by atoms with van der Waals surface area (Å²) in [6, 6.07) is 1.82. The highest BCUT2D eigenvalue weighted by atomic mass is 32.2. The third-order valence-electron chi connectivity index (χ3n) is 5.60. The maximum absolute atomic E-state index is 13.1. The Morgan fingerprint density at radius 1 is 1.23 bits per heavy atom. The molecule has 3 aliphatic heterocycles. The van der Waals surface area contributed by atoms with Crippen LogP contribution in [-0.2, 0) is 14.4 Å². The maximum atomic E-state index is 13.1. The molecule has 1 aromatic rings. The molecule has 3 atom stereocenters. The summed E-state index contributed by atoms with van der Waals surface area (Å²) in [6.45, 7) is 1.38. The van der Waals surface area contributed by atoms with Crippen molar-refractivity contribution >= 4 is 46.7 Å². The van der Waals surface area contributed by atoms with Crippen LogP contribution in [0, 0.1) is 0 Å². The molecule has 1 aromatic heterocycles. The molecular formula is C19H25N5O4S2. The van der Waals surface area contributed by atoms with E-state index in [-0.39, 0.29) is 36.9 Å². The van der Waals surface area contributed by atoms with Gasteiger partial charge in [0.15, 0.2) is 0 Å². The van der Waals surface area contributed by atoms with Gasteiger partial charge in [-0.2, -0.15) is 0 Å². The number of carbonyl (C=O) groups is 4. The molecule has 0 aliphatic carbocycles. The van der Waals surface area contributed by atoms with Crippen LogP contribution < -0.4 is 16.0 Å². The van der Waals surface area contributed by atoms with E-state index in [1.54, 1.807) is 28.8 Å². The van der Waals surface area contributed by atoms with E-state index in [9.17, 15) is 19.2 Å². The summed E-state index contributed by atoms with van der Waals surface area (Å²) in [7, 11) is 0. The Balaban J connectivity index is 1.51. The summed E-state index contributed by atoms with van der Waals surface area (Å²) >= 11 is 2.99. The van der Waals surface area contributed by atoms with Crippen LogP contribution in [0.5, 0.6) is 0 Å². The van der Waals surface area contributed by atoms with Crippen LogP contribution in [0.1, 0.15) is 22.5 Å². The van der Waals surface area contributed by atoms with Crippen molar-refractivity contribution < 1.29 is 19.2 Å². The van der Waals surface area contributed by atoms with Crippen LogP contribution in [0.15, 0.2) is 17.5 Å². The zero-order chi connectivity index (χ0) is 21.1. The second-order valence-electron chi connectivity index (χ2n) is 7.54. The monoisotopic (exact) mass is 451 g/mol. The van der Waals surface area contributed by atoms with Crippen LogP contribution >= 0.6 is 23.1 Å². The Labute approximate surface area is 182 Å². The number of amides is 4. The summed E-state index contributed by atoms with van der Waals surface area (Å²) in [6.07, 6.45) is 1.35. The van der Waals surface area contributed by atoms with Crippen molar-refractivity contribution in [3.05, 3.63) is 22.4 Å². The van der Waals surface area contributed by atoms with Crippen LogP contribution in [0.3, 0.4) is 0 Å². The van der Waals surface area contributed by atoms with Gasteiger partial charge in [-0.3, -0.25) is 24.5 Å². The normalized spacial score (nSPS) is 26.9. The number of thioether (sulfide) groups is 1. The first kappa shape index (κ1) is 21.1. The maximum Gasteiger partial charge on any atom is 0.264 e. The summed E-state index contributed by atoms with van der Waals surface area (Å²) in [5.74, 6) is 0.562. The summed E-state index contributed by atoms with van der Waals surface area (Å²) in [5, 5.41) is 10.5. The third-order valence-corrected chi connectivity index (χ3v) is 7.40. The van der Waals surface area contributed by atoms with E-state index in [0.717, 1.165) is 12.3 Å². The molecule has 3 fully saturated rings. The number of piperazine rings is 1. The predicted octanol–water partition coefficient (Wildman–Crippen LogP) is -0.542. The lowest BCUT2D eigenvalue weighted by Gasteiger charge is -2.41. The molecule has 3 unspecified atom stereocenters. The minimum absolute atomic E-state index is 0.0450. The molecule has 4 heterocycles. The van der Waals surface area contributed by atoms with Gasteiger partial charge >= 0.3 is 0 Å². The predicted molar refractivity (Wildman–Crippen MR) is 114 cm³/mol. The van der Waals surface area contributed by atoms with Gasteiger partial charge in [0.25, 0.3) is 5.91 Å². The average molecular weight is 452 g/mol. The Morgan fingerprint density at radius 3 is 2.80 bits per heavy atom. The van der Waals surface area contributed by atoms with Crippen molar-refractivity contribution in [2.24, 2.45) is 0 Å². The minimum Gasteiger partial charge on any atom is -0.354 e. The minimum atomic E-state index is -0.832. The number of nitrogens with one attached hydrogen (secondary N) is 3. The zero-order valence-electron chi connectivity index (χ0n) is 16.5. The Kier molecular flexibility index (Phi) is 6.59. The van der Waals surface area contributed by atoms with Crippen molar-refractivity contribution in [2.45, 2.75) is 31.0 Å². The number of piperidine rings is 1. The summed E-state index contributed by atoms with van der Waals surface area (Å²) in [5.41, 5.74) is 0. The molecule has 4 amide bonds. The van der Waals surface area contributed by atoms with Crippen LogP contribution in [0.4, 0.5) is 0 Å². The van der Waals surface area contributed by atoms with Gasteiger partial charge in [0.05, 0.1) is 17.5 Å². The molecule has 3 aliphatic rings. The lowest BCUT2D eigenvalue weighted by molar-refractivity contribution is -0.139. The van der Waals surface area contributed by atoms with Crippen LogP contribution in [0.2, 0.25) is 0 Å². The van der Waals surface area contributed by atoms with E-state index in [4.69, 9.17) is 0 Å². The van der Waals surface area contributed by atoms with Crippen LogP contribution in [0.25, 0.3) is 0 Å². The molecular weight excluding hydrogens is 426 g/mol. The second kappa shape index (κ2) is 9.36. The molecule has 0 aromatic carbocycles. The molecule has 3 saturated heterocycles. The highest BCUT2D eigenvalue weighted by molar-refractivity contribution is 7.99. The van der Waals surface area contributed by atoms with Gasteiger partial charge in [-0.1, -0.05) is 6.07 Å². The third kappa shape index (κ3) is 4.47. The standard InChI is InChI=1S/C19H25N5O4S2/c25-16-12(3-1-5-20-16)22-17(26)14-9-23(18(27)13-10-29-11-21-13)6-7-24(14)19(28)15-4-2-8-30-15/h2,4,8,12-14,21H,1,3,5-7,9-11H2,(H,20,25)(H,22,26). The lowest BCUT2D eigenvalue weighted by Crippen LogP contribution is -2.64. The zero-order valence-corrected chi connectivity index (χ0v) is 18.1. The lowest BCUT2D eigenvalue weighted by atomic mass is 10.0. The average Bonchev–Trinajstić information content (AvgIpc) is 3.48. The molecule has 4 rings (SSSR count). The van der Waals surface area contributed by atoms with Crippen molar-refractivity contribution in [1.82, 2.24) is 25.8 Å². The fraction of sp³-hybridized carbons (Fsp3) is 0.579. The van der Waals surface area contributed by atoms with E-state index < -0.39 is 18.0 Å². The first-order valence-electron chi connectivity index (χ1n) is 10.1. The molecule has 162 valence electrons. The summed E-state index contributed by atoms with van der Waals surface area (Å²) < 4.78 is 0. The van der Waals surface area contributed by atoms with E-state index in [1.807, 2.05) is 5.38 Å². The van der Waals surface area contributed by atoms with Gasteiger partial charge in [0.1, 0.15) is 12.1 Å². The van der Waals surface area contributed by atoms with Gasteiger partial charge in [-0.25, -0.2) is 0 Å². The molecule has 9 nitrogen and oxygen atoms in total. The quantitative estimate of drug-likeness (QED) is 0.567. The smallest absolute Gasteiger partial charge is 0.264 e. The SMILES string of the molecule is O=C1NCCCC1NC(=O)C1CN(C(=O)C2CSCN2)CCN1C(=O)c1cccs1. The molecule has 0 bridgehead atoms. The summed E-state index contributed by atoms with van der Waals surface area (Å²) in [4.78, 5) is 54.9. The Bertz CT molecular complexity index is 812. The van der Waals surface area contributed by atoms with E-state index in [2.05, 4.69) is 16.0 Å². The molecule has 0 saturated carbocycles. The molecule has 0 radical (unpaired) electrons. The molecule has 3 N–H and O–H groups in total. The van der Waals surface area contributed by atoms with Gasteiger partial charge in [0.2, 0.25) is 17.7 Å². The van der Waals surface area contributed by atoms with Gasteiger partial charge < -0.3 is 20.4 Å². The van der Waals surface area contributed by atoms with Crippen molar-refractivity contribution in [3.63, 3.8) is 0 Å². The number of thiophene rings is 1. The van der Waals surface area contributed by atoms with Gasteiger partial charge in [-0.05, 0) is 24.3 Å². The Morgan fingerprint density at radius 2 is 2.10 bits per heavy atom. The largest absolute Gasteiger partial charge is 0.354 e. The van der Waals surface area contributed by atoms with E-state index >= 15 is 0 Å². The van der Waals surface area contributed by atoms with Crippen LogP contribution in [-0.4, -0.2) is 89.4 Å². The number of nitrogens with zero attached hydrogens (tertiary/aromatic N) is 2. The first-order chi connectivity index (χ1) is 14.5.